The first-order valence-electron chi connectivity index (χ1n) is 4.75. The largest absolute Gasteiger partial charge is 0.353 e. The number of aryl methyl sites for hydroxylation is 1. The number of amidine groups is 1. The van der Waals surface area contributed by atoms with Crippen molar-refractivity contribution in [1.82, 2.24) is 4.90 Å². The monoisotopic (exact) mass is 206 g/mol. The molecule has 0 aliphatic carbocycles. The van der Waals surface area contributed by atoms with Crippen LogP contribution in [0.5, 0.6) is 0 Å². The summed E-state index contributed by atoms with van der Waals surface area (Å²) < 4.78 is 0. The first-order chi connectivity index (χ1) is 6.75. The minimum absolute atomic E-state index is 1.05. The lowest BCUT2D eigenvalue weighted by molar-refractivity contribution is 0.563. The molecule has 0 unspecified atom stereocenters. The molecule has 1 aromatic carbocycles. The van der Waals surface area contributed by atoms with E-state index in [1.807, 2.05) is 11.8 Å². The third-order valence-corrected chi connectivity index (χ3v) is 3.29. The Hall–Kier alpha value is -0.960. The highest BCUT2D eigenvalue weighted by Crippen LogP contribution is 2.21. The summed E-state index contributed by atoms with van der Waals surface area (Å²) in [7, 11) is 2.09. The molecule has 1 saturated heterocycles. The first kappa shape index (κ1) is 9.59. The van der Waals surface area contributed by atoms with Crippen LogP contribution in [-0.4, -0.2) is 29.4 Å². The molecule has 0 atom stereocenters. The van der Waals surface area contributed by atoms with E-state index in [1.54, 1.807) is 0 Å². The fraction of sp³-hybridized carbons (Fsp3) is 0.364. The molecule has 0 aromatic heterocycles. The Bertz CT molecular complexity index is 343. The molecule has 2 rings (SSSR count). The van der Waals surface area contributed by atoms with E-state index in [9.17, 15) is 0 Å². The van der Waals surface area contributed by atoms with Crippen molar-refractivity contribution in [2.75, 3.05) is 19.3 Å². The molecule has 0 radical (unpaired) electrons. The van der Waals surface area contributed by atoms with Gasteiger partial charge in [-0.3, -0.25) is 0 Å². The average Bonchev–Trinajstić information content (AvgIpc) is 2.56. The van der Waals surface area contributed by atoms with Crippen molar-refractivity contribution in [3.8, 4) is 0 Å². The van der Waals surface area contributed by atoms with E-state index in [-0.39, 0.29) is 0 Å². The number of nitrogens with zero attached hydrogens (tertiary/aromatic N) is 2. The number of aliphatic imine (C=N–C) groups is 1. The minimum atomic E-state index is 1.05. The van der Waals surface area contributed by atoms with Gasteiger partial charge in [-0.2, -0.15) is 0 Å². The second-order valence-electron chi connectivity index (χ2n) is 3.50. The smallest absolute Gasteiger partial charge is 0.164 e. The summed E-state index contributed by atoms with van der Waals surface area (Å²) in [5, 5.41) is 1.13. The molecule has 3 heteroatoms. The maximum Gasteiger partial charge on any atom is 0.164 e. The van der Waals surface area contributed by atoms with Crippen LogP contribution in [0.15, 0.2) is 29.3 Å². The Balaban J connectivity index is 2.20. The zero-order chi connectivity index (χ0) is 9.97. The van der Waals surface area contributed by atoms with E-state index in [4.69, 9.17) is 0 Å². The Morgan fingerprint density at radius 2 is 2.00 bits per heavy atom. The lowest BCUT2D eigenvalue weighted by Crippen LogP contribution is -2.17. The quantitative estimate of drug-likeness (QED) is 0.702. The van der Waals surface area contributed by atoms with Gasteiger partial charge < -0.3 is 4.90 Å². The van der Waals surface area contributed by atoms with Crippen LogP contribution in [0.3, 0.4) is 0 Å². The standard InChI is InChI=1S/C11H14N2S/c1-9-3-5-10(6-4-9)12-11-13(2)7-8-14-11/h3-6H,7-8H2,1-2H3. The second kappa shape index (κ2) is 4.05. The van der Waals surface area contributed by atoms with Crippen molar-refractivity contribution in [2.24, 2.45) is 4.99 Å². The third-order valence-electron chi connectivity index (χ3n) is 2.24. The molecular weight excluding hydrogens is 192 g/mol. The SMILES string of the molecule is Cc1ccc(N=C2SCCN2C)cc1. The van der Waals surface area contributed by atoms with Gasteiger partial charge in [0.1, 0.15) is 0 Å². The van der Waals surface area contributed by atoms with Crippen LogP contribution in [-0.2, 0) is 0 Å². The fourth-order valence-corrected chi connectivity index (χ4v) is 2.36. The Kier molecular flexibility index (Phi) is 2.77. The molecule has 0 saturated carbocycles. The van der Waals surface area contributed by atoms with Gasteiger partial charge in [0.2, 0.25) is 0 Å². The summed E-state index contributed by atoms with van der Waals surface area (Å²) >= 11 is 1.83. The summed E-state index contributed by atoms with van der Waals surface area (Å²) in [5.41, 5.74) is 2.33. The molecule has 74 valence electrons. The lowest BCUT2D eigenvalue weighted by atomic mass is 10.2. The summed E-state index contributed by atoms with van der Waals surface area (Å²) in [6.07, 6.45) is 0. The highest BCUT2D eigenvalue weighted by molar-refractivity contribution is 8.14. The van der Waals surface area contributed by atoms with Crippen LogP contribution in [0.25, 0.3) is 0 Å². The highest BCUT2D eigenvalue weighted by Gasteiger charge is 2.14. The van der Waals surface area contributed by atoms with Gasteiger partial charge in [0.15, 0.2) is 5.17 Å². The van der Waals surface area contributed by atoms with Crippen LogP contribution in [0.2, 0.25) is 0 Å². The van der Waals surface area contributed by atoms with Gasteiger partial charge in [-0.25, -0.2) is 4.99 Å². The second-order valence-corrected chi connectivity index (χ2v) is 4.56. The van der Waals surface area contributed by atoms with Crippen LogP contribution < -0.4 is 0 Å². The first-order valence-corrected chi connectivity index (χ1v) is 5.73. The van der Waals surface area contributed by atoms with Crippen LogP contribution in [0.1, 0.15) is 5.56 Å². The van der Waals surface area contributed by atoms with E-state index in [0.29, 0.717) is 0 Å². The van der Waals surface area contributed by atoms with E-state index in [0.717, 1.165) is 23.2 Å². The predicted octanol–water partition coefficient (Wildman–Crippen LogP) is 2.66. The molecule has 1 heterocycles. The Morgan fingerprint density at radius 3 is 2.57 bits per heavy atom. The van der Waals surface area contributed by atoms with Crippen molar-refractivity contribution >= 4 is 22.6 Å². The molecule has 0 spiro atoms. The van der Waals surface area contributed by atoms with E-state index >= 15 is 0 Å². The lowest BCUT2D eigenvalue weighted by Gasteiger charge is -2.09. The number of thioether (sulfide) groups is 1. The predicted molar refractivity (Wildman–Crippen MR) is 63.4 cm³/mol. The maximum absolute atomic E-state index is 4.59. The molecule has 0 N–H and O–H groups in total. The van der Waals surface area contributed by atoms with Crippen LogP contribution in [0, 0.1) is 6.92 Å². The zero-order valence-electron chi connectivity index (χ0n) is 8.53. The van der Waals surface area contributed by atoms with Crippen LogP contribution >= 0.6 is 11.8 Å². The fourth-order valence-electron chi connectivity index (χ4n) is 1.33. The molecular formula is C11H14N2S. The van der Waals surface area contributed by atoms with Gasteiger partial charge >= 0.3 is 0 Å². The Labute approximate surface area is 89.0 Å². The molecule has 2 nitrogen and oxygen atoms in total. The van der Waals surface area contributed by atoms with E-state index in [2.05, 4.69) is 48.1 Å². The third kappa shape index (κ3) is 2.10. The highest BCUT2D eigenvalue weighted by atomic mass is 32.2. The van der Waals surface area contributed by atoms with E-state index in [1.165, 1.54) is 5.56 Å². The van der Waals surface area contributed by atoms with Gasteiger partial charge in [0.05, 0.1) is 5.69 Å². The molecule has 1 aliphatic heterocycles. The van der Waals surface area contributed by atoms with E-state index < -0.39 is 0 Å². The summed E-state index contributed by atoms with van der Waals surface area (Å²) in [6, 6.07) is 8.32. The van der Waals surface area contributed by atoms with Crippen molar-refractivity contribution < 1.29 is 0 Å². The maximum atomic E-state index is 4.59. The summed E-state index contributed by atoms with van der Waals surface area (Å²) in [6.45, 7) is 3.20. The normalized spacial score (nSPS) is 19.3. The van der Waals surface area contributed by atoms with Gasteiger partial charge in [0, 0.05) is 19.3 Å². The van der Waals surface area contributed by atoms with Crippen molar-refractivity contribution in [3.63, 3.8) is 0 Å². The average molecular weight is 206 g/mol. The van der Waals surface area contributed by atoms with Gasteiger partial charge in [0.25, 0.3) is 0 Å². The number of benzene rings is 1. The molecule has 1 aliphatic rings. The van der Waals surface area contributed by atoms with Crippen LogP contribution in [0.4, 0.5) is 5.69 Å². The summed E-state index contributed by atoms with van der Waals surface area (Å²) in [4.78, 5) is 6.78. The molecule has 0 amide bonds. The van der Waals surface area contributed by atoms with Crippen molar-refractivity contribution in [1.29, 1.82) is 0 Å². The van der Waals surface area contributed by atoms with Gasteiger partial charge in [-0.15, -0.1) is 0 Å². The number of hydrogen-bond acceptors (Lipinski definition) is 2. The van der Waals surface area contributed by atoms with Crippen molar-refractivity contribution in [3.05, 3.63) is 29.8 Å². The Morgan fingerprint density at radius 1 is 1.29 bits per heavy atom. The molecule has 1 fully saturated rings. The number of rotatable bonds is 1. The van der Waals surface area contributed by atoms with Crippen molar-refractivity contribution in [2.45, 2.75) is 6.92 Å². The summed E-state index contributed by atoms with van der Waals surface area (Å²) in [5.74, 6) is 1.15. The van der Waals surface area contributed by atoms with Gasteiger partial charge in [-0.05, 0) is 19.1 Å². The van der Waals surface area contributed by atoms with Gasteiger partial charge in [-0.1, -0.05) is 29.5 Å². The molecule has 1 aromatic rings. The number of hydrogen-bond donors (Lipinski definition) is 0. The molecule has 0 bridgehead atoms. The minimum Gasteiger partial charge on any atom is -0.353 e. The zero-order valence-corrected chi connectivity index (χ0v) is 9.34. The topological polar surface area (TPSA) is 15.6 Å². The molecule has 14 heavy (non-hydrogen) atoms.